The molecule has 0 saturated carbocycles. The molecule has 0 aromatic heterocycles. The van der Waals surface area contributed by atoms with Crippen molar-refractivity contribution < 1.29 is 19.3 Å². The van der Waals surface area contributed by atoms with Crippen molar-refractivity contribution in [3.63, 3.8) is 0 Å². The molecular weight excluding hydrogens is 352 g/mol. The highest BCUT2D eigenvalue weighted by Gasteiger charge is 2.39. The topological polar surface area (TPSA) is 47.9 Å². The third-order valence-electron chi connectivity index (χ3n) is 5.23. The normalized spacial score (nSPS) is 24.6. The van der Waals surface area contributed by atoms with Gasteiger partial charge in [0, 0.05) is 11.5 Å². The molecule has 144 valence electrons. The van der Waals surface area contributed by atoms with E-state index in [1.807, 2.05) is 60.7 Å². The smallest absolute Gasteiger partial charge is 0.185 e. The average Bonchev–Trinajstić information content (AvgIpc) is 2.75. The molecular formula is C24H24O4. The first kappa shape index (κ1) is 18.5. The first-order valence-electron chi connectivity index (χ1n) is 9.45. The van der Waals surface area contributed by atoms with Crippen molar-refractivity contribution >= 4 is 0 Å². The highest BCUT2D eigenvalue weighted by atomic mass is 16.7. The first-order valence-corrected chi connectivity index (χ1v) is 9.45. The van der Waals surface area contributed by atoms with E-state index in [0.29, 0.717) is 5.75 Å². The van der Waals surface area contributed by atoms with Crippen molar-refractivity contribution in [3.8, 4) is 11.5 Å². The highest BCUT2D eigenvalue weighted by molar-refractivity contribution is 5.43. The van der Waals surface area contributed by atoms with Crippen LogP contribution in [0.4, 0.5) is 0 Å². The fraction of sp³-hybridized carbons (Fsp3) is 0.250. The van der Waals surface area contributed by atoms with Crippen LogP contribution in [0.25, 0.3) is 0 Å². The van der Waals surface area contributed by atoms with E-state index in [1.165, 1.54) is 0 Å². The van der Waals surface area contributed by atoms with Gasteiger partial charge in [-0.2, -0.15) is 0 Å². The zero-order valence-electron chi connectivity index (χ0n) is 16.0. The third kappa shape index (κ3) is 3.61. The van der Waals surface area contributed by atoms with Crippen molar-refractivity contribution in [1.82, 2.24) is 0 Å². The lowest BCUT2D eigenvalue weighted by Gasteiger charge is -2.41. The van der Waals surface area contributed by atoms with E-state index in [4.69, 9.17) is 14.2 Å². The van der Waals surface area contributed by atoms with Crippen LogP contribution in [0.3, 0.4) is 0 Å². The zero-order chi connectivity index (χ0) is 19.5. The molecule has 1 aliphatic rings. The Morgan fingerprint density at radius 1 is 0.750 bits per heavy atom. The van der Waals surface area contributed by atoms with Crippen molar-refractivity contribution in [3.05, 3.63) is 95.6 Å². The Hall–Kier alpha value is -2.82. The fourth-order valence-electron chi connectivity index (χ4n) is 3.75. The average molecular weight is 376 g/mol. The second-order valence-electron chi connectivity index (χ2n) is 7.06. The van der Waals surface area contributed by atoms with E-state index < -0.39 is 6.29 Å². The van der Waals surface area contributed by atoms with Gasteiger partial charge in [-0.15, -0.1) is 0 Å². The quantitative estimate of drug-likeness (QED) is 0.647. The van der Waals surface area contributed by atoms with Crippen LogP contribution in [0.2, 0.25) is 0 Å². The molecule has 0 unspecified atom stereocenters. The Labute approximate surface area is 165 Å². The van der Waals surface area contributed by atoms with Gasteiger partial charge < -0.3 is 19.3 Å². The van der Waals surface area contributed by atoms with E-state index in [0.717, 1.165) is 16.7 Å². The largest absolute Gasteiger partial charge is 0.504 e. The predicted molar refractivity (Wildman–Crippen MR) is 107 cm³/mol. The second kappa shape index (κ2) is 8.05. The Morgan fingerprint density at radius 3 is 1.93 bits per heavy atom. The number of ether oxygens (including phenoxy) is 3. The summed E-state index contributed by atoms with van der Waals surface area (Å²) in [6, 6.07) is 25.6. The maximum absolute atomic E-state index is 9.97. The molecule has 1 fully saturated rings. The van der Waals surface area contributed by atoms with Crippen LogP contribution in [-0.4, -0.2) is 12.2 Å². The molecule has 1 heterocycles. The molecule has 28 heavy (non-hydrogen) atoms. The van der Waals surface area contributed by atoms with Gasteiger partial charge >= 0.3 is 0 Å². The molecule has 0 radical (unpaired) electrons. The molecule has 0 aliphatic carbocycles. The lowest BCUT2D eigenvalue weighted by Crippen LogP contribution is -2.32. The van der Waals surface area contributed by atoms with E-state index in [1.54, 1.807) is 13.2 Å². The lowest BCUT2D eigenvalue weighted by atomic mass is 9.87. The van der Waals surface area contributed by atoms with Crippen LogP contribution in [0.1, 0.15) is 42.1 Å². The first-order chi connectivity index (χ1) is 13.7. The van der Waals surface area contributed by atoms with E-state index in [-0.39, 0.29) is 23.9 Å². The highest BCUT2D eigenvalue weighted by Crippen LogP contribution is 2.48. The molecule has 0 spiro atoms. The summed E-state index contributed by atoms with van der Waals surface area (Å²) >= 11 is 0. The van der Waals surface area contributed by atoms with Gasteiger partial charge in [0.15, 0.2) is 17.8 Å². The molecule has 3 aromatic carbocycles. The molecule has 1 saturated heterocycles. The zero-order valence-corrected chi connectivity index (χ0v) is 16.0. The predicted octanol–water partition coefficient (Wildman–Crippen LogP) is 5.56. The second-order valence-corrected chi connectivity index (χ2v) is 7.06. The number of hydrogen-bond donors (Lipinski definition) is 1. The minimum atomic E-state index is -0.479. The van der Waals surface area contributed by atoms with E-state index >= 15 is 0 Å². The number of phenolic OH excluding ortho intramolecular Hbond substituents is 1. The van der Waals surface area contributed by atoms with Crippen molar-refractivity contribution in [1.29, 1.82) is 0 Å². The molecule has 0 amide bonds. The summed E-state index contributed by atoms with van der Waals surface area (Å²) < 4.78 is 18.1. The summed E-state index contributed by atoms with van der Waals surface area (Å²) in [6.07, 6.45) is -0.809. The SMILES string of the molecule is COc1cc([C@@H]2O[C@H](c3ccccc3)O[C@H](c3ccccc3)[C@@H]2C)ccc1O. The minimum Gasteiger partial charge on any atom is -0.504 e. The molecule has 0 bridgehead atoms. The fourth-order valence-corrected chi connectivity index (χ4v) is 3.75. The number of methoxy groups -OCH3 is 1. The van der Waals surface area contributed by atoms with Gasteiger partial charge in [-0.05, 0) is 23.3 Å². The Balaban J connectivity index is 1.73. The van der Waals surface area contributed by atoms with Gasteiger partial charge in [0.1, 0.15) is 0 Å². The summed E-state index contributed by atoms with van der Waals surface area (Å²) in [5, 5.41) is 9.97. The molecule has 4 rings (SSSR count). The molecule has 4 nitrogen and oxygen atoms in total. The Kier molecular flexibility index (Phi) is 5.33. The summed E-state index contributed by atoms with van der Waals surface area (Å²) in [4.78, 5) is 0. The maximum atomic E-state index is 9.97. The van der Waals surface area contributed by atoms with Crippen LogP contribution in [0.15, 0.2) is 78.9 Å². The number of hydrogen-bond acceptors (Lipinski definition) is 4. The molecule has 4 atom stereocenters. The molecule has 1 N–H and O–H groups in total. The van der Waals surface area contributed by atoms with Crippen LogP contribution in [0, 0.1) is 5.92 Å². The molecule has 3 aromatic rings. The number of aromatic hydroxyl groups is 1. The van der Waals surface area contributed by atoms with E-state index in [2.05, 4.69) is 19.1 Å². The van der Waals surface area contributed by atoms with Crippen LogP contribution in [0.5, 0.6) is 11.5 Å². The van der Waals surface area contributed by atoms with Gasteiger partial charge in [0.25, 0.3) is 0 Å². The number of phenols is 1. The Morgan fingerprint density at radius 2 is 1.32 bits per heavy atom. The molecule has 1 aliphatic heterocycles. The van der Waals surface area contributed by atoms with Gasteiger partial charge in [0.2, 0.25) is 0 Å². The standard InChI is InChI=1S/C24H24O4/c1-16-22(17-9-5-3-6-10-17)27-24(18-11-7-4-8-12-18)28-23(16)19-13-14-20(25)21(15-19)26-2/h3-16,22-25H,1-2H3/t16-,22-,23+,24+/m0/s1. The molecule has 4 heteroatoms. The summed E-state index contributed by atoms with van der Waals surface area (Å²) in [6.45, 7) is 2.13. The van der Waals surface area contributed by atoms with Crippen LogP contribution >= 0.6 is 0 Å². The van der Waals surface area contributed by atoms with Crippen molar-refractivity contribution in [2.24, 2.45) is 5.92 Å². The van der Waals surface area contributed by atoms with Gasteiger partial charge in [-0.25, -0.2) is 0 Å². The third-order valence-corrected chi connectivity index (χ3v) is 5.23. The van der Waals surface area contributed by atoms with Crippen molar-refractivity contribution in [2.75, 3.05) is 7.11 Å². The maximum Gasteiger partial charge on any atom is 0.185 e. The monoisotopic (exact) mass is 376 g/mol. The summed E-state index contributed by atoms with van der Waals surface area (Å²) in [5.41, 5.74) is 3.05. The summed E-state index contributed by atoms with van der Waals surface area (Å²) in [7, 11) is 1.55. The number of rotatable bonds is 4. The summed E-state index contributed by atoms with van der Waals surface area (Å²) in [5.74, 6) is 0.620. The van der Waals surface area contributed by atoms with Crippen LogP contribution in [-0.2, 0) is 9.47 Å². The van der Waals surface area contributed by atoms with Crippen LogP contribution < -0.4 is 4.74 Å². The van der Waals surface area contributed by atoms with Gasteiger partial charge in [-0.1, -0.05) is 73.7 Å². The van der Waals surface area contributed by atoms with Gasteiger partial charge in [-0.3, -0.25) is 0 Å². The Bertz CT molecular complexity index is 910. The number of benzene rings is 3. The lowest BCUT2D eigenvalue weighted by molar-refractivity contribution is -0.277. The van der Waals surface area contributed by atoms with Gasteiger partial charge in [0.05, 0.1) is 19.3 Å². The van der Waals surface area contributed by atoms with E-state index in [9.17, 15) is 5.11 Å². The van der Waals surface area contributed by atoms with Crippen molar-refractivity contribution in [2.45, 2.75) is 25.4 Å². The minimum absolute atomic E-state index is 0.0663.